The fourth-order valence-electron chi connectivity index (χ4n) is 6.64. The number of anilines is 1. The van der Waals surface area contributed by atoms with E-state index in [-0.39, 0.29) is 55.7 Å². The molecular weight excluding hydrogens is 778 g/mol. The van der Waals surface area contributed by atoms with Crippen LogP contribution in [-0.4, -0.2) is 114 Å². The van der Waals surface area contributed by atoms with E-state index in [1.54, 1.807) is 44.2 Å². The number of ether oxygens (including phenoxy) is 4. The number of fused-ring (bicyclic) bond motifs is 1. The van der Waals surface area contributed by atoms with E-state index in [1.165, 1.54) is 48.1 Å². The molecule has 0 aliphatic carbocycles. The van der Waals surface area contributed by atoms with Crippen LogP contribution in [0, 0.1) is 5.92 Å². The molecule has 2 aliphatic heterocycles. The number of nitrogen functional groups attached to an aromatic ring is 1. The molecule has 57 heavy (non-hydrogen) atoms. The maximum Gasteiger partial charge on any atom is 0.459 e. The van der Waals surface area contributed by atoms with Gasteiger partial charge in [-0.05, 0) is 63.0 Å². The number of nitrogens with one attached hydrogen (secondary N) is 1. The Hall–Kier alpha value is -4.62. The van der Waals surface area contributed by atoms with Crippen molar-refractivity contribution in [3.05, 3.63) is 54.5 Å². The summed E-state index contributed by atoms with van der Waals surface area (Å²) in [6.45, 7) is 2.72. The maximum atomic E-state index is 14.7. The van der Waals surface area contributed by atoms with E-state index in [0.29, 0.717) is 18.4 Å². The number of halogens is 3. The molecule has 2 aromatic heterocycles. The number of benzene rings is 1. The number of alkyl halides is 3. The number of likely N-dealkylation sites (tertiary alicyclic amines) is 1. The van der Waals surface area contributed by atoms with Crippen LogP contribution < -0.4 is 15.3 Å². The topological polar surface area (TPSA) is 207 Å². The lowest BCUT2D eigenvalue weighted by Crippen LogP contribution is -2.56. The Morgan fingerprint density at radius 2 is 1.82 bits per heavy atom. The minimum atomic E-state index is -4.60. The van der Waals surface area contributed by atoms with Crippen molar-refractivity contribution in [3.8, 4) is 5.75 Å². The lowest BCUT2D eigenvalue weighted by Gasteiger charge is -2.38. The average molecular weight is 826 g/mol. The van der Waals surface area contributed by atoms with Crippen LogP contribution in [0.5, 0.6) is 5.75 Å². The SMILES string of the molecule is CCC(=O)O[C@@H]1[C@@](/C=N\C)(COP(=O)(N[C@@H](C)C(=O)OCC2CCN(CC(F)(F)F)CC2)Oc2ccccc2)OC[C@@]1(OC(=O)CC)c1ccc2c(N)ncnn12. The van der Waals surface area contributed by atoms with Crippen LogP contribution in [0.3, 0.4) is 0 Å². The third kappa shape index (κ3) is 10.5. The number of carbonyl (C=O) groups is 3. The molecule has 4 heterocycles. The zero-order valence-electron chi connectivity index (χ0n) is 32.0. The fourth-order valence-corrected chi connectivity index (χ4v) is 8.17. The van der Waals surface area contributed by atoms with Gasteiger partial charge in [-0.15, -0.1) is 0 Å². The quantitative estimate of drug-likeness (QED) is 0.0845. The van der Waals surface area contributed by atoms with Crippen molar-refractivity contribution in [2.75, 3.05) is 52.2 Å². The maximum absolute atomic E-state index is 14.7. The Kier molecular flexibility index (Phi) is 14.0. The van der Waals surface area contributed by atoms with E-state index in [2.05, 4.69) is 20.2 Å². The number of rotatable bonds is 17. The van der Waals surface area contributed by atoms with E-state index < -0.39 is 74.9 Å². The van der Waals surface area contributed by atoms with Crippen LogP contribution in [0.25, 0.3) is 5.52 Å². The van der Waals surface area contributed by atoms with E-state index in [0.717, 1.165) is 0 Å². The van der Waals surface area contributed by atoms with Crippen LogP contribution in [0.15, 0.2) is 53.8 Å². The number of esters is 3. The molecule has 0 bridgehead atoms. The number of piperidine rings is 1. The van der Waals surface area contributed by atoms with Gasteiger partial charge in [0, 0.05) is 26.1 Å². The van der Waals surface area contributed by atoms with Crippen LogP contribution in [0.2, 0.25) is 0 Å². The van der Waals surface area contributed by atoms with Gasteiger partial charge in [-0.3, -0.25) is 28.8 Å². The Labute approximate surface area is 326 Å². The predicted octanol–water partition coefficient (Wildman–Crippen LogP) is 4.25. The van der Waals surface area contributed by atoms with Crippen molar-refractivity contribution < 1.29 is 60.1 Å². The molecule has 2 fully saturated rings. The zero-order chi connectivity index (χ0) is 41.4. The summed E-state index contributed by atoms with van der Waals surface area (Å²) in [6.07, 6.45) is -2.76. The van der Waals surface area contributed by atoms with Gasteiger partial charge in [0.2, 0.25) is 5.60 Å². The Morgan fingerprint density at radius 3 is 2.47 bits per heavy atom. The highest BCUT2D eigenvalue weighted by Gasteiger charge is 2.66. The van der Waals surface area contributed by atoms with Gasteiger partial charge in [-0.1, -0.05) is 32.0 Å². The molecule has 0 saturated carbocycles. The number of nitrogens with zero attached hydrogens (tertiary/aromatic N) is 5. The number of hydrogen-bond acceptors (Lipinski definition) is 15. The van der Waals surface area contributed by atoms with E-state index in [1.807, 2.05) is 0 Å². The predicted molar refractivity (Wildman–Crippen MR) is 198 cm³/mol. The highest BCUT2D eigenvalue weighted by atomic mass is 31.2. The zero-order valence-corrected chi connectivity index (χ0v) is 32.9. The first-order valence-corrected chi connectivity index (χ1v) is 19.9. The first-order chi connectivity index (χ1) is 27.1. The summed E-state index contributed by atoms with van der Waals surface area (Å²) in [5, 5.41) is 6.91. The molecule has 0 amide bonds. The molecule has 17 nitrogen and oxygen atoms in total. The number of aromatic nitrogens is 3. The van der Waals surface area contributed by atoms with Gasteiger partial charge in [-0.25, -0.2) is 14.1 Å². The van der Waals surface area contributed by atoms with Gasteiger partial charge in [0.15, 0.2) is 17.5 Å². The number of nitrogens with two attached hydrogens (primary N) is 1. The van der Waals surface area contributed by atoms with E-state index >= 15 is 0 Å². The molecule has 0 spiro atoms. The summed E-state index contributed by atoms with van der Waals surface area (Å²) in [5.41, 5.74) is 2.88. The second-order valence-electron chi connectivity index (χ2n) is 13.7. The van der Waals surface area contributed by atoms with Crippen molar-refractivity contribution in [1.29, 1.82) is 0 Å². The van der Waals surface area contributed by atoms with Gasteiger partial charge >= 0.3 is 31.8 Å². The van der Waals surface area contributed by atoms with Crippen LogP contribution >= 0.6 is 7.75 Å². The molecule has 2 saturated heterocycles. The number of para-hydroxylation sites is 1. The summed E-state index contributed by atoms with van der Waals surface area (Å²) in [4.78, 5) is 49.0. The minimum Gasteiger partial charge on any atom is -0.464 e. The molecule has 1 unspecified atom stereocenters. The van der Waals surface area contributed by atoms with Gasteiger partial charge in [0.25, 0.3) is 0 Å². The van der Waals surface area contributed by atoms with Crippen molar-refractivity contribution in [3.63, 3.8) is 0 Å². The molecular formula is C36H47F3N7O10P. The molecule has 3 aromatic rings. The number of carbonyl (C=O) groups excluding carboxylic acids is 3. The number of aliphatic imine (C=N–C) groups is 1. The largest absolute Gasteiger partial charge is 0.464 e. The lowest BCUT2D eigenvalue weighted by molar-refractivity contribution is -0.186. The summed E-state index contributed by atoms with van der Waals surface area (Å²) in [7, 11) is -3.18. The lowest BCUT2D eigenvalue weighted by atomic mass is 9.85. The van der Waals surface area contributed by atoms with E-state index in [9.17, 15) is 32.1 Å². The second kappa shape index (κ2) is 18.3. The van der Waals surface area contributed by atoms with Crippen LogP contribution in [0.4, 0.5) is 19.0 Å². The van der Waals surface area contributed by atoms with Gasteiger partial charge < -0.3 is 29.2 Å². The fraction of sp³-hybridized carbons (Fsp3) is 0.556. The Bertz CT molecular complexity index is 1950. The van der Waals surface area contributed by atoms with Crippen LogP contribution in [-0.2, 0) is 48.0 Å². The first-order valence-electron chi connectivity index (χ1n) is 18.4. The molecule has 312 valence electrons. The average Bonchev–Trinajstić information content (AvgIpc) is 3.74. The molecule has 5 rings (SSSR count). The first kappa shape index (κ1) is 43.5. The molecule has 5 atom stereocenters. The monoisotopic (exact) mass is 825 g/mol. The second-order valence-corrected chi connectivity index (χ2v) is 15.4. The summed E-state index contributed by atoms with van der Waals surface area (Å²) in [6, 6.07) is 9.84. The summed E-state index contributed by atoms with van der Waals surface area (Å²) >= 11 is 0. The molecule has 2 aliphatic rings. The third-order valence-corrected chi connectivity index (χ3v) is 11.1. The highest BCUT2D eigenvalue weighted by molar-refractivity contribution is 7.52. The Morgan fingerprint density at radius 1 is 1.12 bits per heavy atom. The van der Waals surface area contributed by atoms with Crippen LogP contribution in [0.1, 0.15) is 52.1 Å². The van der Waals surface area contributed by atoms with Crippen molar-refractivity contribution in [2.24, 2.45) is 10.9 Å². The Balaban J connectivity index is 1.43. The standard InChI is InChI=1S/C36H47F3N7O10P/c1-5-29(47)54-33-34(19-41-4,52-22-35(33,55-30(48)6-2)28-13-12-27-31(40)42-23-43-46(27)28)21-53-57(50,56-26-10-8-7-9-11-26)44-24(3)32(49)51-18-25-14-16-45(17-15-25)20-36(37,38)39/h7-13,19,23-25,33H,5-6,14-18,20-22H2,1-4H3,(H,44,50)(H2,40,42,43)/b41-19-/t24-,33+,34+,35+,57?/m0/s1. The third-order valence-electron chi connectivity index (χ3n) is 9.51. The summed E-state index contributed by atoms with van der Waals surface area (Å²) < 4.78 is 90.5. The number of hydrogen-bond donors (Lipinski definition) is 2. The molecule has 1 aromatic carbocycles. The van der Waals surface area contributed by atoms with Crippen molar-refractivity contribution in [1.82, 2.24) is 24.6 Å². The summed E-state index contributed by atoms with van der Waals surface area (Å²) in [5.74, 6) is -2.18. The molecule has 21 heteroatoms. The molecule has 0 radical (unpaired) electrons. The highest BCUT2D eigenvalue weighted by Crippen LogP contribution is 2.50. The van der Waals surface area contributed by atoms with Crippen molar-refractivity contribution >= 4 is 43.2 Å². The van der Waals surface area contributed by atoms with Gasteiger partial charge in [-0.2, -0.15) is 23.4 Å². The van der Waals surface area contributed by atoms with Crippen molar-refractivity contribution in [2.45, 2.75) is 76.0 Å². The van der Waals surface area contributed by atoms with Gasteiger partial charge in [0.1, 0.15) is 23.6 Å². The minimum absolute atomic E-state index is 0.0621. The normalized spacial score (nSPS) is 23.6. The smallest absolute Gasteiger partial charge is 0.459 e. The van der Waals surface area contributed by atoms with E-state index in [4.69, 9.17) is 33.7 Å². The molecule has 3 N–H and O–H groups in total. The van der Waals surface area contributed by atoms with Gasteiger partial charge in [0.05, 0.1) is 32.1 Å².